The van der Waals surface area contributed by atoms with E-state index in [-0.39, 0.29) is 29.4 Å². The van der Waals surface area contributed by atoms with Crippen LogP contribution in [0.3, 0.4) is 0 Å². The highest BCUT2D eigenvalue weighted by Crippen LogP contribution is 2.12. The lowest BCUT2D eigenvalue weighted by Gasteiger charge is -2.13. The quantitative estimate of drug-likeness (QED) is 0.679. The van der Waals surface area contributed by atoms with Crippen molar-refractivity contribution in [2.75, 3.05) is 16.8 Å². The number of aromatic nitrogens is 3. The summed E-state index contributed by atoms with van der Waals surface area (Å²) in [6.45, 7) is 3.94. The maximum atomic E-state index is 12.0. The molecule has 2 amide bonds. The normalized spacial score (nSPS) is 11.8. The molecule has 0 aliphatic heterocycles. The molecule has 0 saturated heterocycles. The highest BCUT2D eigenvalue weighted by atomic mass is 32.2. The molecular formula is C16H21N5O2S. The lowest BCUT2D eigenvalue weighted by Crippen LogP contribution is -2.30. The summed E-state index contributed by atoms with van der Waals surface area (Å²) >= 11 is 1.27. The Morgan fingerprint density at radius 3 is 2.54 bits per heavy atom. The van der Waals surface area contributed by atoms with Gasteiger partial charge in [0.1, 0.15) is 12.2 Å². The van der Waals surface area contributed by atoms with Crippen molar-refractivity contribution >= 4 is 29.3 Å². The Kier molecular flexibility index (Phi) is 6.80. The zero-order chi connectivity index (χ0) is 17.4. The Balaban J connectivity index is 1.70. The number of benzene rings is 1. The van der Waals surface area contributed by atoms with E-state index in [1.165, 1.54) is 18.1 Å². The molecule has 0 spiro atoms. The van der Waals surface area contributed by atoms with E-state index >= 15 is 0 Å². The minimum Gasteiger partial charge on any atom is -0.345 e. The zero-order valence-electron chi connectivity index (χ0n) is 13.7. The second-order valence-electron chi connectivity index (χ2n) is 5.31. The second kappa shape index (κ2) is 9.07. The molecule has 7 nitrogen and oxygen atoms in total. The van der Waals surface area contributed by atoms with Gasteiger partial charge in [0.2, 0.25) is 11.8 Å². The van der Waals surface area contributed by atoms with Gasteiger partial charge >= 0.3 is 0 Å². The Bertz CT molecular complexity index is 658. The number of carbonyl (C=O) groups is 2. The fraction of sp³-hybridized carbons (Fsp3) is 0.375. The van der Waals surface area contributed by atoms with Crippen LogP contribution in [0.25, 0.3) is 0 Å². The predicted molar refractivity (Wildman–Crippen MR) is 94.7 cm³/mol. The smallest absolute Gasteiger partial charge is 0.234 e. The molecule has 0 saturated carbocycles. The predicted octanol–water partition coefficient (Wildman–Crippen LogP) is 2.05. The van der Waals surface area contributed by atoms with Crippen molar-refractivity contribution in [1.29, 1.82) is 0 Å². The van der Waals surface area contributed by atoms with E-state index in [1.54, 1.807) is 0 Å². The average Bonchev–Trinajstić information content (AvgIpc) is 3.09. The van der Waals surface area contributed by atoms with E-state index in [0.717, 1.165) is 11.3 Å². The molecule has 0 aliphatic rings. The van der Waals surface area contributed by atoms with Gasteiger partial charge in [0.15, 0.2) is 0 Å². The Morgan fingerprint density at radius 2 is 1.92 bits per heavy atom. The van der Waals surface area contributed by atoms with Crippen LogP contribution in [0, 0.1) is 6.92 Å². The summed E-state index contributed by atoms with van der Waals surface area (Å²) in [6.07, 6.45) is 2.12. The zero-order valence-corrected chi connectivity index (χ0v) is 14.5. The number of aromatic amines is 1. The number of hydrogen-bond donors (Lipinski definition) is 3. The first-order valence-electron chi connectivity index (χ1n) is 7.67. The molecule has 0 radical (unpaired) electrons. The van der Waals surface area contributed by atoms with Crippen LogP contribution >= 0.6 is 11.8 Å². The summed E-state index contributed by atoms with van der Waals surface area (Å²) in [5.41, 5.74) is 1.89. The van der Waals surface area contributed by atoms with Crippen LogP contribution in [-0.2, 0) is 9.59 Å². The standard InChI is InChI=1S/C16H21N5O2S/c1-3-13(16-17-10-18-21-16)20-15(23)9-24-8-14(22)19-12-6-4-11(2)5-7-12/h4-7,10,13H,3,8-9H2,1-2H3,(H,19,22)(H,20,23)(H,17,18,21)/t13-/m1/s1. The van der Waals surface area contributed by atoms with Gasteiger partial charge in [-0.05, 0) is 25.5 Å². The first-order valence-corrected chi connectivity index (χ1v) is 8.83. The first-order chi connectivity index (χ1) is 11.6. The van der Waals surface area contributed by atoms with Crippen molar-refractivity contribution in [3.8, 4) is 0 Å². The van der Waals surface area contributed by atoms with E-state index in [4.69, 9.17) is 0 Å². The van der Waals surface area contributed by atoms with E-state index in [2.05, 4.69) is 25.8 Å². The molecule has 1 aromatic carbocycles. The molecule has 24 heavy (non-hydrogen) atoms. The van der Waals surface area contributed by atoms with Crippen LogP contribution in [0.4, 0.5) is 5.69 Å². The number of anilines is 1. The molecule has 3 N–H and O–H groups in total. The molecule has 2 aromatic rings. The number of carbonyl (C=O) groups excluding carboxylic acids is 2. The van der Waals surface area contributed by atoms with Crippen LogP contribution < -0.4 is 10.6 Å². The van der Waals surface area contributed by atoms with Crippen LogP contribution in [0.1, 0.15) is 30.8 Å². The Morgan fingerprint density at radius 1 is 1.21 bits per heavy atom. The lowest BCUT2D eigenvalue weighted by molar-refractivity contribution is -0.119. The fourth-order valence-corrected chi connectivity index (χ4v) is 2.68. The highest BCUT2D eigenvalue weighted by molar-refractivity contribution is 8.00. The first kappa shape index (κ1) is 18.0. The molecule has 8 heteroatoms. The van der Waals surface area contributed by atoms with Crippen molar-refractivity contribution in [2.24, 2.45) is 0 Å². The Labute approximate surface area is 145 Å². The van der Waals surface area contributed by atoms with Gasteiger partial charge < -0.3 is 10.6 Å². The summed E-state index contributed by atoms with van der Waals surface area (Å²) in [6, 6.07) is 7.39. The van der Waals surface area contributed by atoms with Gasteiger partial charge in [0.05, 0.1) is 17.5 Å². The van der Waals surface area contributed by atoms with E-state index in [9.17, 15) is 9.59 Å². The van der Waals surface area contributed by atoms with Gasteiger partial charge in [-0.1, -0.05) is 24.6 Å². The number of aryl methyl sites for hydroxylation is 1. The number of rotatable bonds is 8. The third kappa shape index (κ3) is 5.69. The number of amides is 2. The minimum absolute atomic E-state index is 0.126. The van der Waals surface area contributed by atoms with Crippen molar-refractivity contribution in [1.82, 2.24) is 20.5 Å². The minimum atomic E-state index is -0.193. The molecule has 128 valence electrons. The van der Waals surface area contributed by atoms with Crippen LogP contribution in [0.5, 0.6) is 0 Å². The van der Waals surface area contributed by atoms with Crippen molar-refractivity contribution in [3.05, 3.63) is 42.0 Å². The third-order valence-electron chi connectivity index (χ3n) is 3.31. The van der Waals surface area contributed by atoms with Crippen molar-refractivity contribution in [3.63, 3.8) is 0 Å². The topological polar surface area (TPSA) is 99.8 Å². The Hall–Kier alpha value is -2.35. The van der Waals surface area contributed by atoms with E-state index in [1.807, 2.05) is 38.1 Å². The van der Waals surface area contributed by atoms with Gasteiger partial charge in [0, 0.05) is 5.69 Å². The number of thioether (sulfide) groups is 1. The second-order valence-corrected chi connectivity index (χ2v) is 6.29. The van der Waals surface area contributed by atoms with E-state index < -0.39 is 0 Å². The summed E-state index contributed by atoms with van der Waals surface area (Å²) in [5.74, 6) is 0.810. The van der Waals surface area contributed by atoms with Gasteiger partial charge in [-0.2, -0.15) is 5.10 Å². The van der Waals surface area contributed by atoms with Crippen LogP contribution in [0.2, 0.25) is 0 Å². The summed E-state index contributed by atoms with van der Waals surface area (Å²) in [4.78, 5) is 27.9. The van der Waals surface area contributed by atoms with Crippen molar-refractivity contribution < 1.29 is 9.59 Å². The molecule has 0 unspecified atom stereocenters. The fourth-order valence-electron chi connectivity index (χ4n) is 2.05. The average molecular weight is 347 g/mol. The molecule has 2 rings (SSSR count). The van der Waals surface area contributed by atoms with Gasteiger partial charge in [-0.3, -0.25) is 14.7 Å². The maximum absolute atomic E-state index is 12.0. The van der Waals surface area contributed by atoms with E-state index in [0.29, 0.717) is 12.2 Å². The third-order valence-corrected chi connectivity index (χ3v) is 4.24. The largest absolute Gasteiger partial charge is 0.345 e. The number of nitrogens with zero attached hydrogens (tertiary/aromatic N) is 2. The molecule has 0 fully saturated rings. The van der Waals surface area contributed by atoms with Gasteiger partial charge in [-0.15, -0.1) is 11.8 Å². The number of nitrogens with one attached hydrogen (secondary N) is 3. The van der Waals surface area contributed by atoms with Crippen LogP contribution in [0.15, 0.2) is 30.6 Å². The molecule has 0 bridgehead atoms. The van der Waals surface area contributed by atoms with Gasteiger partial charge in [0.25, 0.3) is 0 Å². The summed E-state index contributed by atoms with van der Waals surface area (Å²) < 4.78 is 0. The summed E-state index contributed by atoms with van der Waals surface area (Å²) in [5, 5.41) is 12.2. The monoisotopic (exact) mass is 347 g/mol. The SMILES string of the molecule is CC[C@@H](NC(=O)CSCC(=O)Nc1ccc(C)cc1)c1ncn[nH]1. The van der Waals surface area contributed by atoms with Crippen LogP contribution in [-0.4, -0.2) is 38.5 Å². The number of hydrogen-bond acceptors (Lipinski definition) is 5. The highest BCUT2D eigenvalue weighted by Gasteiger charge is 2.15. The van der Waals surface area contributed by atoms with Crippen molar-refractivity contribution in [2.45, 2.75) is 26.3 Å². The number of H-pyrrole nitrogens is 1. The molecule has 0 aliphatic carbocycles. The summed E-state index contributed by atoms with van der Waals surface area (Å²) in [7, 11) is 0. The molecule has 1 aromatic heterocycles. The van der Waals surface area contributed by atoms with Gasteiger partial charge in [-0.25, -0.2) is 4.98 Å². The molecule has 1 heterocycles. The maximum Gasteiger partial charge on any atom is 0.234 e. The molecular weight excluding hydrogens is 326 g/mol. The molecule has 1 atom stereocenters. The lowest BCUT2D eigenvalue weighted by atomic mass is 10.2.